The monoisotopic (exact) mass is 462 g/mol. The van der Waals surface area contributed by atoms with E-state index in [2.05, 4.69) is 17.2 Å². The number of sulfonamides is 1. The van der Waals surface area contributed by atoms with E-state index in [1.807, 2.05) is 30.3 Å². The number of carbonyl (C=O) groups excluding carboxylic acids is 2. The van der Waals surface area contributed by atoms with Crippen molar-refractivity contribution in [2.45, 2.75) is 49.8 Å². The van der Waals surface area contributed by atoms with Gasteiger partial charge in [-0.05, 0) is 50.2 Å². The van der Waals surface area contributed by atoms with E-state index in [0.29, 0.717) is 58.4 Å². The van der Waals surface area contributed by atoms with Gasteiger partial charge in [-0.1, -0.05) is 36.9 Å². The zero-order chi connectivity index (χ0) is 23.0. The average Bonchev–Trinajstić information content (AvgIpc) is 3.06. The molecule has 2 saturated heterocycles. The summed E-state index contributed by atoms with van der Waals surface area (Å²) in [7, 11) is -3.43. The van der Waals surface area contributed by atoms with Crippen LogP contribution < -0.4 is 10.6 Å². The average molecular weight is 463 g/mol. The lowest BCUT2D eigenvalue weighted by Crippen LogP contribution is -2.49. The second-order valence-electron chi connectivity index (χ2n) is 8.44. The van der Waals surface area contributed by atoms with Gasteiger partial charge in [-0.15, -0.1) is 0 Å². The predicted molar refractivity (Wildman–Crippen MR) is 125 cm³/mol. The molecular formula is C23H34N4O4S. The molecule has 32 heavy (non-hydrogen) atoms. The number of amides is 3. The standard InChI is InChI=1S/C23H34N4O4S/c1-2-22(28)25-20-9-6-15-27(18-11-20)32(30,31)21-12-16-26(17-13-21)23(29)24-14-10-19-7-4-3-5-8-19/h2-5,7-8,20-21H,1,6,9-18H2,(H,24,29)(H,25,28). The van der Waals surface area contributed by atoms with E-state index < -0.39 is 15.3 Å². The molecule has 2 aliphatic heterocycles. The van der Waals surface area contributed by atoms with Crippen molar-refractivity contribution >= 4 is 22.0 Å². The number of nitrogens with one attached hydrogen (secondary N) is 2. The Hall–Kier alpha value is -2.39. The maximum Gasteiger partial charge on any atom is 0.317 e. The Balaban J connectivity index is 1.44. The van der Waals surface area contributed by atoms with Gasteiger partial charge in [0.15, 0.2) is 0 Å². The third-order valence-electron chi connectivity index (χ3n) is 6.26. The number of likely N-dealkylation sites (tertiary alicyclic amines) is 1. The van der Waals surface area contributed by atoms with Crippen molar-refractivity contribution in [3.63, 3.8) is 0 Å². The first kappa shape index (κ1) is 24.3. The van der Waals surface area contributed by atoms with E-state index in [9.17, 15) is 18.0 Å². The zero-order valence-electron chi connectivity index (χ0n) is 18.5. The van der Waals surface area contributed by atoms with Gasteiger partial charge in [-0.3, -0.25) is 4.79 Å². The molecule has 176 valence electrons. The van der Waals surface area contributed by atoms with E-state index in [0.717, 1.165) is 12.8 Å². The molecule has 2 heterocycles. The molecule has 9 heteroatoms. The maximum atomic E-state index is 13.2. The summed E-state index contributed by atoms with van der Waals surface area (Å²) in [5.74, 6) is -0.222. The molecule has 0 spiro atoms. The second kappa shape index (κ2) is 11.5. The Morgan fingerprint density at radius 2 is 1.75 bits per heavy atom. The highest BCUT2D eigenvalue weighted by Gasteiger charge is 2.36. The largest absolute Gasteiger partial charge is 0.350 e. The molecule has 2 N–H and O–H groups in total. The van der Waals surface area contributed by atoms with Crippen LogP contribution in [0.4, 0.5) is 4.79 Å². The van der Waals surface area contributed by atoms with E-state index >= 15 is 0 Å². The molecular weight excluding hydrogens is 428 g/mol. The van der Waals surface area contributed by atoms with Crippen molar-refractivity contribution in [1.29, 1.82) is 0 Å². The smallest absolute Gasteiger partial charge is 0.317 e. The fourth-order valence-corrected chi connectivity index (χ4v) is 6.34. The minimum absolute atomic E-state index is 0.0258. The fourth-order valence-electron chi connectivity index (χ4n) is 4.37. The lowest BCUT2D eigenvalue weighted by Gasteiger charge is -2.34. The molecule has 0 aromatic heterocycles. The van der Waals surface area contributed by atoms with E-state index in [-0.39, 0.29) is 18.0 Å². The van der Waals surface area contributed by atoms with Gasteiger partial charge in [0.05, 0.1) is 5.25 Å². The summed E-state index contributed by atoms with van der Waals surface area (Å²) in [5.41, 5.74) is 1.17. The number of benzene rings is 1. The summed E-state index contributed by atoms with van der Waals surface area (Å²) >= 11 is 0. The molecule has 0 saturated carbocycles. The van der Waals surface area contributed by atoms with Gasteiger partial charge in [0, 0.05) is 38.8 Å². The molecule has 0 aliphatic carbocycles. The van der Waals surface area contributed by atoms with Crippen molar-refractivity contribution in [3.05, 3.63) is 48.6 Å². The molecule has 3 rings (SSSR count). The molecule has 2 aliphatic rings. The van der Waals surface area contributed by atoms with Gasteiger partial charge in [0.2, 0.25) is 15.9 Å². The minimum Gasteiger partial charge on any atom is -0.350 e. The van der Waals surface area contributed by atoms with Crippen LogP contribution in [-0.4, -0.2) is 73.6 Å². The van der Waals surface area contributed by atoms with Crippen LogP contribution >= 0.6 is 0 Å². The Bertz CT molecular complexity index is 883. The topological polar surface area (TPSA) is 98.8 Å². The molecule has 2 fully saturated rings. The normalized spacial score (nSPS) is 20.9. The third kappa shape index (κ3) is 6.56. The summed E-state index contributed by atoms with van der Waals surface area (Å²) in [4.78, 5) is 25.7. The van der Waals surface area contributed by atoms with Gasteiger partial charge < -0.3 is 15.5 Å². The Morgan fingerprint density at radius 1 is 1.03 bits per heavy atom. The van der Waals surface area contributed by atoms with Gasteiger partial charge in [-0.25, -0.2) is 17.5 Å². The van der Waals surface area contributed by atoms with Gasteiger partial charge >= 0.3 is 6.03 Å². The van der Waals surface area contributed by atoms with Gasteiger partial charge in [-0.2, -0.15) is 0 Å². The quantitative estimate of drug-likeness (QED) is 0.605. The van der Waals surface area contributed by atoms with Crippen LogP contribution in [0.2, 0.25) is 0 Å². The van der Waals surface area contributed by atoms with Crippen molar-refractivity contribution < 1.29 is 18.0 Å². The molecule has 3 amide bonds. The Morgan fingerprint density at radius 3 is 2.44 bits per heavy atom. The highest BCUT2D eigenvalue weighted by molar-refractivity contribution is 7.89. The van der Waals surface area contributed by atoms with Crippen LogP contribution in [0.3, 0.4) is 0 Å². The summed E-state index contributed by atoms with van der Waals surface area (Å²) in [6.07, 6.45) is 4.97. The van der Waals surface area contributed by atoms with E-state index in [1.54, 1.807) is 9.21 Å². The number of hydrogen-bond donors (Lipinski definition) is 2. The molecule has 1 unspecified atom stereocenters. The number of carbonyl (C=O) groups is 2. The predicted octanol–water partition coefficient (Wildman–Crippen LogP) is 1.89. The van der Waals surface area contributed by atoms with Crippen LogP contribution in [0.25, 0.3) is 0 Å². The van der Waals surface area contributed by atoms with Crippen molar-refractivity contribution in [3.8, 4) is 0 Å². The van der Waals surface area contributed by atoms with Crippen molar-refractivity contribution in [2.75, 3.05) is 32.7 Å². The highest BCUT2D eigenvalue weighted by atomic mass is 32.2. The van der Waals surface area contributed by atoms with Crippen LogP contribution in [0, 0.1) is 0 Å². The summed E-state index contributed by atoms with van der Waals surface area (Å²) in [5, 5.41) is 5.35. The first-order valence-corrected chi connectivity index (χ1v) is 12.9. The first-order chi connectivity index (χ1) is 15.4. The lowest BCUT2D eigenvalue weighted by atomic mass is 10.1. The number of piperidine rings is 1. The molecule has 1 aromatic rings. The number of rotatable bonds is 7. The van der Waals surface area contributed by atoms with Crippen molar-refractivity contribution in [1.82, 2.24) is 19.8 Å². The lowest BCUT2D eigenvalue weighted by molar-refractivity contribution is -0.117. The highest BCUT2D eigenvalue weighted by Crippen LogP contribution is 2.24. The Kier molecular flexibility index (Phi) is 8.69. The zero-order valence-corrected chi connectivity index (χ0v) is 19.4. The third-order valence-corrected chi connectivity index (χ3v) is 8.66. The first-order valence-electron chi connectivity index (χ1n) is 11.4. The maximum absolute atomic E-state index is 13.2. The van der Waals surface area contributed by atoms with E-state index in [4.69, 9.17) is 0 Å². The summed E-state index contributed by atoms with van der Waals surface area (Å²) in [6.45, 7) is 5.77. The van der Waals surface area contributed by atoms with Gasteiger partial charge in [0.25, 0.3) is 0 Å². The molecule has 1 atom stereocenters. The van der Waals surface area contributed by atoms with Crippen molar-refractivity contribution in [2.24, 2.45) is 0 Å². The minimum atomic E-state index is -3.43. The second-order valence-corrected chi connectivity index (χ2v) is 10.7. The number of hydrogen-bond acceptors (Lipinski definition) is 4. The van der Waals surface area contributed by atoms with Crippen LogP contribution in [0.5, 0.6) is 0 Å². The SMILES string of the molecule is C=CC(=O)NC1CCCN(S(=O)(=O)C2CCN(C(=O)NCCc3ccccc3)CC2)CC1. The van der Waals surface area contributed by atoms with Crippen LogP contribution in [-0.2, 0) is 21.2 Å². The van der Waals surface area contributed by atoms with E-state index in [1.165, 1.54) is 11.6 Å². The Labute approximate surface area is 191 Å². The van der Waals surface area contributed by atoms with Crippen LogP contribution in [0.15, 0.2) is 43.0 Å². The summed E-state index contributed by atoms with van der Waals surface area (Å²) in [6, 6.07) is 9.82. The summed E-state index contributed by atoms with van der Waals surface area (Å²) < 4.78 is 28.0. The molecule has 8 nitrogen and oxygen atoms in total. The number of nitrogens with zero attached hydrogens (tertiary/aromatic N) is 2. The van der Waals surface area contributed by atoms with Gasteiger partial charge in [0.1, 0.15) is 0 Å². The number of urea groups is 1. The molecule has 1 aromatic carbocycles. The molecule has 0 radical (unpaired) electrons. The van der Waals surface area contributed by atoms with Crippen LogP contribution in [0.1, 0.15) is 37.7 Å². The molecule has 0 bridgehead atoms. The fraction of sp³-hybridized carbons (Fsp3) is 0.565.